The molecule has 0 aliphatic heterocycles. The van der Waals surface area contributed by atoms with E-state index in [9.17, 15) is 5.11 Å². The molecule has 0 atom stereocenters. The molecule has 8 heteroatoms. The van der Waals surface area contributed by atoms with Gasteiger partial charge in [0.2, 0.25) is 0 Å². The van der Waals surface area contributed by atoms with Crippen molar-refractivity contribution in [2.24, 2.45) is 10.8 Å². The van der Waals surface area contributed by atoms with E-state index in [4.69, 9.17) is 10.9 Å². The second kappa shape index (κ2) is 10.3. The Balaban J connectivity index is 3.23. The minimum Gasteiger partial charge on any atom is -0.508 e. The number of amidine groups is 1. The standard InChI is InChI=1S/C19H30N6O2/c1-12(9-10-26)17(27)11-13(2)19-23-14(3)16(24-19)7-8-18(22-6)25(20)15(4)21-5/h7-8,11,22,26-27H,3,9-10,20H2,1-2,4-6H3,(H,23,24)/b13-11+,16-7+,17-12+,18-8+,21-15-. The van der Waals surface area contributed by atoms with Gasteiger partial charge in [-0.1, -0.05) is 6.58 Å². The van der Waals surface area contributed by atoms with Crippen molar-refractivity contribution in [3.8, 4) is 0 Å². The van der Waals surface area contributed by atoms with Crippen LogP contribution in [0.5, 0.6) is 0 Å². The molecule has 0 saturated heterocycles. The lowest BCUT2D eigenvalue weighted by molar-refractivity contribution is 0.295. The molecular formula is C19H30N6O2. The molecule has 1 heterocycles. The van der Waals surface area contributed by atoms with E-state index in [-0.39, 0.29) is 12.4 Å². The van der Waals surface area contributed by atoms with Crippen molar-refractivity contribution in [2.45, 2.75) is 27.2 Å². The average molecular weight is 374 g/mol. The zero-order valence-corrected chi connectivity index (χ0v) is 16.7. The monoisotopic (exact) mass is 374 g/mol. The summed E-state index contributed by atoms with van der Waals surface area (Å²) in [6.45, 7) is 9.37. The Morgan fingerprint density at radius 2 is 2.07 bits per heavy atom. The van der Waals surface area contributed by atoms with Crippen LogP contribution in [0.3, 0.4) is 0 Å². The first kappa shape index (κ1) is 22.2. The van der Waals surface area contributed by atoms with Crippen LogP contribution >= 0.6 is 0 Å². The Labute approximate surface area is 159 Å². The van der Waals surface area contributed by atoms with Crippen LogP contribution in [0.1, 0.15) is 33.0 Å². The number of rotatable bonds is 7. The molecule has 0 bridgehead atoms. The smallest absolute Gasteiger partial charge is 0.134 e. The summed E-state index contributed by atoms with van der Waals surface area (Å²) >= 11 is 0. The Hall–Kier alpha value is -2.84. The Morgan fingerprint density at radius 1 is 1.41 bits per heavy atom. The third-order valence-electron chi connectivity index (χ3n) is 4.05. The molecule has 27 heavy (non-hydrogen) atoms. The quantitative estimate of drug-likeness (QED) is 0.118. The molecule has 0 fully saturated rings. The predicted octanol–water partition coefficient (Wildman–Crippen LogP) is 0.503. The number of hydrogen-bond donors (Lipinski definition) is 5. The summed E-state index contributed by atoms with van der Waals surface area (Å²) in [4.78, 5) is 11.7. The van der Waals surface area contributed by atoms with E-state index >= 15 is 0 Å². The van der Waals surface area contributed by atoms with Crippen LogP contribution in [0.4, 0.5) is 0 Å². The van der Waals surface area contributed by atoms with Crippen LogP contribution in [-0.4, -0.2) is 51.7 Å². The maximum absolute atomic E-state index is 10.1. The van der Waals surface area contributed by atoms with Crippen molar-refractivity contribution in [1.29, 1.82) is 0 Å². The second-order valence-electron chi connectivity index (χ2n) is 6.03. The number of aromatic nitrogens is 2. The van der Waals surface area contributed by atoms with Crippen LogP contribution in [0.2, 0.25) is 0 Å². The van der Waals surface area contributed by atoms with Gasteiger partial charge in [0.1, 0.15) is 23.2 Å². The number of H-pyrrole nitrogens is 1. The molecule has 1 aromatic rings. The highest BCUT2D eigenvalue weighted by molar-refractivity contribution is 5.80. The summed E-state index contributed by atoms with van der Waals surface area (Å²) in [5.41, 5.74) is 1.46. The van der Waals surface area contributed by atoms with Crippen molar-refractivity contribution in [1.82, 2.24) is 20.3 Å². The molecule has 0 aromatic carbocycles. The molecule has 0 unspecified atom stereocenters. The number of nitrogens with one attached hydrogen (secondary N) is 2. The van der Waals surface area contributed by atoms with Gasteiger partial charge in [0.25, 0.3) is 0 Å². The number of hydrogen-bond acceptors (Lipinski definition) is 6. The molecule has 1 aromatic heterocycles. The molecule has 0 spiro atoms. The van der Waals surface area contributed by atoms with Crippen molar-refractivity contribution in [2.75, 3.05) is 20.7 Å². The van der Waals surface area contributed by atoms with Gasteiger partial charge in [-0.25, -0.2) is 10.8 Å². The van der Waals surface area contributed by atoms with Crippen molar-refractivity contribution >= 4 is 24.1 Å². The van der Waals surface area contributed by atoms with Crippen LogP contribution in [-0.2, 0) is 0 Å². The highest BCUT2D eigenvalue weighted by atomic mass is 16.3. The van der Waals surface area contributed by atoms with Crippen molar-refractivity contribution in [3.63, 3.8) is 0 Å². The molecule has 0 saturated carbocycles. The van der Waals surface area contributed by atoms with Crippen LogP contribution in [0.15, 0.2) is 34.3 Å². The number of aliphatic hydroxyl groups is 2. The topological polar surface area (TPSA) is 123 Å². The lowest BCUT2D eigenvalue weighted by atomic mass is 10.1. The molecule has 1 rings (SSSR count). The zero-order valence-electron chi connectivity index (χ0n) is 16.7. The fourth-order valence-corrected chi connectivity index (χ4v) is 2.16. The van der Waals surface area contributed by atoms with Crippen LogP contribution < -0.4 is 21.9 Å². The molecule has 6 N–H and O–H groups in total. The Bertz CT molecular complexity index is 877. The fraction of sp³-hybridized carbons (Fsp3) is 0.368. The van der Waals surface area contributed by atoms with Gasteiger partial charge in [-0.2, -0.15) is 0 Å². The molecule has 0 amide bonds. The van der Waals surface area contributed by atoms with Gasteiger partial charge in [-0.15, -0.1) is 0 Å². The number of allylic oxidation sites excluding steroid dienone is 3. The number of hydrazine groups is 1. The number of aliphatic imine (C=N–C) groups is 1. The van der Waals surface area contributed by atoms with E-state index < -0.39 is 0 Å². The third-order valence-corrected chi connectivity index (χ3v) is 4.05. The maximum Gasteiger partial charge on any atom is 0.134 e. The van der Waals surface area contributed by atoms with E-state index in [0.717, 1.165) is 5.57 Å². The Kier molecular flexibility index (Phi) is 8.50. The second-order valence-corrected chi connectivity index (χ2v) is 6.03. The predicted molar refractivity (Wildman–Crippen MR) is 111 cm³/mol. The van der Waals surface area contributed by atoms with Crippen molar-refractivity contribution < 1.29 is 10.2 Å². The van der Waals surface area contributed by atoms with Gasteiger partial charge in [0, 0.05) is 20.7 Å². The SMILES string of the molecule is C=c1[nH]c(/C(C)=C/C(O)=C(/C)CCO)n/c1=C/C=C(\NC)N(N)/C(C)=N\C. The van der Waals surface area contributed by atoms with E-state index in [0.29, 0.717) is 40.2 Å². The summed E-state index contributed by atoms with van der Waals surface area (Å²) in [5.74, 6) is 8.02. The van der Waals surface area contributed by atoms with Gasteiger partial charge in [0.15, 0.2) is 0 Å². The van der Waals surface area contributed by atoms with E-state index in [1.807, 2.05) is 6.92 Å². The maximum atomic E-state index is 10.1. The number of aromatic amines is 1. The first-order valence-electron chi connectivity index (χ1n) is 8.56. The first-order chi connectivity index (χ1) is 12.7. The highest BCUT2D eigenvalue weighted by Gasteiger charge is 2.06. The number of nitrogens with zero attached hydrogens (tertiary/aromatic N) is 3. The molecule has 0 aliphatic carbocycles. The molecular weight excluding hydrogens is 344 g/mol. The van der Waals surface area contributed by atoms with E-state index in [1.54, 1.807) is 46.2 Å². The van der Waals surface area contributed by atoms with Gasteiger partial charge in [-0.3, -0.25) is 10.0 Å². The van der Waals surface area contributed by atoms with Crippen molar-refractivity contribution in [3.05, 3.63) is 45.8 Å². The fourth-order valence-electron chi connectivity index (χ4n) is 2.16. The molecule has 148 valence electrons. The molecule has 0 radical (unpaired) electrons. The van der Waals surface area contributed by atoms with Gasteiger partial charge in [-0.05, 0) is 56.6 Å². The summed E-state index contributed by atoms with van der Waals surface area (Å²) in [6.07, 6.45) is 5.60. The average Bonchev–Trinajstić information content (AvgIpc) is 3.02. The highest BCUT2D eigenvalue weighted by Crippen LogP contribution is 2.13. The van der Waals surface area contributed by atoms with Crippen LogP contribution in [0.25, 0.3) is 18.2 Å². The van der Waals surface area contributed by atoms with E-state index in [1.165, 1.54) is 5.01 Å². The minimum absolute atomic E-state index is 0.00776. The molecule has 0 aliphatic rings. The summed E-state index contributed by atoms with van der Waals surface area (Å²) < 4.78 is 0. The van der Waals surface area contributed by atoms with E-state index in [2.05, 4.69) is 26.9 Å². The Morgan fingerprint density at radius 3 is 2.63 bits per heavy atom. The number of nitrogens with two attached hydrogens (primary N) is 1. The first-order valence-corrected chi connectivity index (χ1v) is 8.56. The van der Waals surface area contributed by atoms with Crippen LogP contribution in [0, 0.1) is 0 Å². The summed E-state index contributed by atoms with van der Waals surface area (Å²) in [6, 6.07) is 0. The third kappa shape index (κ3) is 6.12. The molecule has 8 nitrogen and oxygen atoms in total. The largest absolute Gasteiger partial charge is 0.508 e. The zero-order chi connectivity index (χ0) is 20.6. The van der Waals surface area contributed by atoms with Gasteiger partial charge in [0.05, 0.1) is 10.7 Å². The lowest BCUT2D eigenvalue weighted by Gasteiger charge is -2.20. The lowest BCUT2D eigenvalue weighted by Crippen LogP contribution is -2.39. The van der Waals surface area contributed by atoms with Gasteiger partial charge >= 0.3 is 0 Å². The number of imidazole rings is 1. The summed E-state index contributed by atoms with van der Waals surface area (Å²) in [5, 5.41) is 24.8. The number of aliphatic hydroxyl groups excluding tert-OH is 2. The summed E-state index contributed by atoms with van der Waals surface area (Å²) in [7, 11) is 3.43. The minimum atomic E-state index is -0.00776. The van der Waals surface area contributed by atoms with Gasteiger partial charge < -0.3 is 20.5 Å². The normalized spacial score (nSPS) is 15.1.